The van der Waals surface area contributed by atoms with Crippen LogP contribution in [0.15, 0.2) is 54.6 Å². The predicted molar refractivity (Wildman–Crippen MR) is 87.2 cm³/mol. The van der Waals surface area contributed by atoms with Gasteiger partial charge in [0.25, 0.3) is 5.69 Å². The number of nitrogens with zero attached hydrogens (tertiary/aromatic N) is 1. The summed E-state index contributed by atoms with van der Waals surface area (Å²) in [5, 5.41) is 11.4. The minimum absolute atomic E-state index is 0.0704. The summed E-state index contributed by atoms with van der Waals surface area (Å²) in [5.41, 5.74) is 0.0913. The second kappa shape index (κ2) is 7.05. The second-order valence-corrected chi connectivity index (χ2v) is 5.49. The van der Waals surface area contributed by atoms with Gasteiger partial charge in [0, 0.05) is 11.6 Å². The summed E-state index contributed by atoms with van der Waals surface area (Å²) in [6.07, 6.45) is 0.331. The van der Waals surface area contributed by atoms with Crippen LogP contribution in [-0.2, 0) is 21.4 Å². The number of rotatable bonds is 6. The van der Waals surface area contributed by atoms with Crippen molar-refractivity contribution in [3.8, 4) is 0 Å². The lowest BCUT2D eigenvalue weighted by atomic mass is 9.76. The van der Waals surface area contributed by atoms with Crippen LogP contribution in [0.3, 0.4) is 0 Å². The number of benzene rings is 2. The molecule has 0 aliphatic rings. The highest BCUT2D eigenvalue weighted by Crippen LogP contribution is 2.35. The zero-order chi connectivity index (χ0) is 16.9. The van der Waals surface area contributed by atoms with Crippen molar-refractivity contribution in [3.05, 3.63) is 75.8 Å². The standard InChI is InChI=1S/C18H19NO4/c1-3-23-17(20)18(2,13-14-9-5-4-6-10-14)15-11-7-8-12-16(15)19(21)22/h4-12H,3,13H2,1-2H3. The Morgan fingerprint density at radius 2 is 1.74 bits per heavy atom. The predicted octanol–water partition coefficient (Wildman–Crippen LogP) is 3.66. The average Bonchev–Trinajstić information content (AvgIpc) is 2.56. The summed E-state index contributed by atoms with van der Waals surface area (Å²) < 4.78 is 5.21. The quantitative estimate of drug-likeness (QED) is 0.463. The molecule has 1 unspecified atom stereocenters. The summed E-state index contributed by atoms with van der Waals surface area (Å²) in [5.74, 6) is -0.460. The molecular formula is C18H19NO4. The Morgan fingerprint density at radius 3 is 2.35 bits per heavy atom. The Labute approximate surface area is 135 Å². The molecule has 0 radical (unpaired) electrons. The second-order valence-electron chi connectivity index (χ2n) is 5.49. The van der Waals surface area contributed by atoms with Crippen molar-refractivity contribution >= 4 is 11.7 Å². The summed E-state index contributed by atoms with van der Waals surface area (Å²) in [6.45, 7) is 3.64. The van der Waals surface area contributed by atoms with E-state index in [1.54, 1.807) is 32.0 Å². The van der Waals surface area contributed by atoms with E-state index in [0.717, 1.165) is 5.56 Å². The molecule has 0 saturated carbocycles. The normalized spacial score (nSPS) is 13.1. The van der Waals surface area contributed by atoms with E-state index in [9.17, 15) is 14.9 Å². The molecule has 0 heterocycles. The molecule has 0 saturated heterocycles. The molecule has 0 N–H and O–H groups in total. The van der Waals surface area contributed by atoms with E-state index in [0.29, 0.717) is 12.0 Å². The van der Waals surface area contributed by atoms with Gasteiger partial charge in [0.2, 0.25) is 0 Å². The lowest BCUT2D eigenvalue weighted by molar-refractivity contribution is -0.386. The van der Waals surface area contributed by atoms with Gasteiger partial charge in [-0.3, -0.25) is 14.9 Å². The fourth-order valence-corrected chi connectivity index (χ4v) is 2.67. The van der Waals surface area contributed by atoms with Gasteiger partial charge in [-0.1, -0.05) is 48.5 Å². The molecule has 120 valence electrons. The Balaban J connectivity index is 2.54. The molecule has 0 aliphatic heterocycles. The molecule has 0 amide bonds. The SMILES string of the molecule is CCOC(=O)C(C)(Cc1ccccc1)c1ccccc1[N+](=O)[O-]. The van der Waals surface area contributed by atoms with Crippen LogP contribution in [0.5, 0.6) is 0 Å². The summed E-state index contributed by atoms with van der Waals surface area (Å²) >= 11 is 0. The van der Waals surface area contributed by atoms with E-state index in [1.165, 1.54) is 6.07 Å². The first-order chi connectivity index (χ1) is 11.0. The molecule has 5 nitrogen and oxygen atoms in total. The van der Waals surface area contributed by atoms with Gasteiger partial charge < -0.3 is 4.74 Å². The van der Waals surface area contributed by atoms with Gasteiger partial charge in [0.1, 0.15) is 5.41 Å². The van der Waals surface area contributed by atoms with Gasteiger partial charge >= 0.3 is 5.97 Å². The third-order valence-corrected chi connectivity index (χ3v) is 3.82. The third-order valence-electron chi connectivity index (χ3n) is 3.82. The van der Waals surface area contributed by atoms with Crippen molar-refractivity contribution in [2.24, 2.45) is 0 Å². The Kier molecular flexibility index (Phi) is 5.11. The maximum Gasteiger partial charge on any atom is 0.316 e. The van der Waals surface area contributed by atoms with Crippen LogP contribution in [0.2, 0.25) is 0 Å². The van der Waals surface area contributed by atoms with Gasteiger partial charge in [0.05, 0.1) is 11.5 Å². The van der Waals surface area contributed by atoms with E-state index >= 15 is 0 Å². The van der Waals surface area contributed by atoms with Gasteiger partial charge in [-0.2, -0.15) is 0 Å². The van der Waals surface area contributed by atoms with E-state index in [2.05, 4.69) is 0 Å². The first kappa shape index (κ1) is 16.7. The highest BCUT2D eigenvalue weighted by molar-refractivity contribution is 5.84. The lowest BCUT2D eigenvalue weighted by Crippen LogP contribution is -2.37. The van der Waals surface area contributed by atoms with Crippen molar-refractivity contribution in [3.63, 3.8) is 0 Å². The number of ether oxygens (including phenoxy) is 1. The maximum atomic E-state index is 12.6. The zero-order valence-corrected chi connectivity index (χ0v) is 13.2. The molecule has 23 heavy (non-hydrogen) atoms. The van der Waals surface area contributed by atoms with Gasteiger partial charge in [-0.15, -0.1) is 0 Å². The number of carbonyl (C=O) groups is 1. The van der Waals surface area contributed by atoms with E-state index < -0.39 is 16.3 Å². The highest BCUT2D eigenvalue weighted by atomic mass is 16.6. The Morgan fingerprint density at radius 1 is 1.13 bits per heavy atom. The topological polar surface area (TPSA) is 69.4 Å². The molecule has 0 aliphatic carbocycles. The molecular weight excluding hydrogens is 294 g/mol. The fourth-order valence-electron chi connectivity index (χ4n) is 2.67. The van der Waals surface area contributed by atoms with Crippen molar-refractivity contribution in [2.75, 3.05) is 6.61 Å². The molecule has 0 bridgehead atoms. The minimum Gasteiger partial charge on any atom is -0.465 e. The summed E-state index contributed by atoms with van der Waals surface area (Å²) in [7, 11) is 0. The van der Waals surface area contributed by atoms with E-state index in [4.69, 9.17) is 4.74 Å². The van der Waals surface area contributed by atoms with Gasteiger partial charge in [-0.25, -0.2) is 0 Å². The average molecular weight is 313 g/mol. The molecule has 1 atom stereocenters. The maximum absolute atomic E-state index is 12.6. The van der Waals surface area contributed by atoms with Crippen molar-refractivity contribution in [2.45, 2.75) is 25.7 Å². The van der Waals surface area contributed by atoms with Crippen LogP contribution in [0.25, 0.3) is 0 Å². The first-order valence-corrected chi connectivity index (χ1v) is 7.44. The zero-order valence-electron chi connectivity index (χ0n) is 13.2. The molecule has 0 fully saturated rings. The van der Waals surface area contributed by atoms with E-state index in [1.807, 2.05) is 30.3 Å². The summed E-state index contributed by atoms with van der Waals surface area (Å²) in [6, 6.07) is 15.8. The number of nitro benzene ring substituents is 1. The summed E-state index contributed by atoms with van der Waals surface area (Å²) in [4.78, 5) is 23.5. The molecule has 0 aromatic heterocycles. The van der Waals surface area contributed by atoms with Crippen LogP contribution >= 0.6 is 0 Å². The van der Waals surface area contributed by atoms with Gasteiger partial charge in [-0.05, 0) is 25.8 Å². The number of carbonyl (C=O) groups excluding carboxylic acids is 1. The number of esters is 1. The van der Waals surface area contributed by atoms with Crippen LogP contribution in [0.4, 0.5) is 5.69 Å². The molecule has 5 heteroatoms. The molecule has 2 rings (SSSR count). The molecule has 0 spiro atoms. The van der Waals surface area contributed by atoms with Crippen molar-refractivity contribution in [1.29, 1.82) is 0 Å². The van der Waals surface area contributed by atoms with Crippen molar-refractivity contribution < 1.29 is 14.5 Å². The molecule has 2 aromatic rings. The van der Waals surface area contributed by atoms with Gasteiger partial charge in [0.15, 0.2) is 0 Å². The van der Waals surface area contributed by atoms with Crippen molar-refractivity contribution in [1.82, 2.24) is 0 Å². The highest BCUT2D eigenvalue weighted by Gasteiger charge is 2.41. The number of para-hydroxylation sites is 1. The Bertz CT molecular complexity index is 699. The van der Waals surface area contributed by atoms with Crippen LogP contribution < -0.4 is 0 Å². The van der Waals surface area contributed by atoms with Crippen LogP contribution in [0, 0.1) is 10.1 Å². The largest absolute Gasteiger partial charge is 0.465 e. The third kappa shape index (κ3) is 3.56. The minimum atomic E-state index is -1.12. The monoisotopic (exact) mass is 313 g/mol. The smallest absolute Gasteiger partial charge is 0.316 e. The van der Waals surface area contributed by atoms with Crippen LogP contribution in [-0.4, -0.2) is 17.5 Å². The molecule has 2 aromatic carbocycles. The first-order valence-electron chi connectivity index (χ1n) is 7.44. The number of hydrogen-bond donors (Lipinski definition) is 0. The fraction of sp³-hybridized carbons (Fsp3) is 0.278. The number of hydrogen-bond acceptors (Lipinski definition) is 4. The lowest BCUT2D eigenvalue weighted by Gasteiger charge is -2.27. The Hall–Kier alpha value is -2.69. The van der Waals surface area contributed by atoms with Crippen LogP contribution in [0.1, 0.15) is 25.0 Å². The van der Waals surface area contributed by atoms with E-state index in [-0.39, 0.29) is 12.3 Å². The number of nitro groups is 1.